The SMILES string of the molecule is O=C(Nc1cncnc1)c1cccc(F)c1. The van der Waals surface area contributed by atoms with E-state index in [1.54, 1.807) is 0 Å². The molecule has 1 N–H and O–H groups in total. The predicted octanol–water partition coefficient (Wildman–Crippen LogP) is 1.87. The van der Waals surface area contributed by atoms with Crippen molar-refractivity contribution in [3.05, 3.63) is 54.4 Å². The monoisotopic (exact) mass is 217 g/mol. The first kappa shape index (κ1) is 10.2. The molecule has 0 unspecified atom stereocenters. The van der Waals surface area contributed by atoms with E-state index in [0.717, 1.165) is 0 Å². The smallest absolute Gasteiger partial charge is 0.255 e. The van der Waals surface area contributed by atoms with Crippen molar-refractivity contribution in [3.8, 4) is 0 Å². The maximum atomic E-state index is 12.9. The quantitative estimate of drug-likeness (QED) is 0.835. The fourth-order valence-corrected chi connectivity index (χ4v) is 1.20. The highest BCUT2D eigenvalue weighted by Crippen LogP contribution is 2.07. The van der Waals surface area contributed by atoms with E-state index >= 15 is 0 Å². The van der Waals surface area contributed by atoms with Gasteiger partial charge in [0.15, 0.2) is 0 Å². The molecule has 4 nitrogen and oxygen atoms in total. The zero-order valence-corrected chi connectivity index (χ0v) is 8.22. The highest BCUT2D eigenvalue weighted by Gasteiger charge is 2.06. The topological polar surface area (TPSA) is 54.9 Å². The first-order valence-corrected chi connectivity index (χ1v) is 4.57. The van der Waals surface area contributed by atoms with E-state index in [4.69, 9.17) is 0 Å². The Morgan fingerprint density at radius 3 is 2.69 bits per heavy atom. The molecule has 0 saturated carbocycles. The van der Waals surface area contributed by atoms with Gasteiger partial charge in [0, 0.05) is 5.56 Å². The van der Waals surface area contributed by atoms with Crippen molar-refractivity contribution < 1.29 is 9.18 Å². The van der Waals surface area contributed by atoms with Gasteiger partial charge in [-0.1, -0.05) is 6.07 Å². The molecule has 0 bridgehead atoms. The summed E-state index contributed by atoms with van der Waals surface area (Å²) in [5.74, 6) is -0.841. The van der Waals surface area contributed by atoms with Crippen LogP contribution in [0.1, 0.15) is 10.4 Å². The summed E-state index contributed by atoms with van der Waals surface area (Å²) in [7, 11) is 0. The summed E-state index contributed by atoms with van der Waals surface area (Å²) in [5, 5.41) is 2.55. The minimum absolute atomic E-state index is 0.254. The minimum atomic E-state index is -0.447. The number of rotatable bonds is 2. The Hall–Kier alpha value is -2.30. The molecule has 80 valence electrons. The van der Waals surface area contributed by atoms with Gasteiger partial charge in [0.05, 0.1) is 18.1 Å². The number of nitrogens with zero attached hydrogens (tertiary/aromatic N) is 2. The Kier molecular flexibility index (Phi) is 2.86. The number of carbonyl (C=O) groups excluding carboxylic acids is 1. The molecule has 0 aliphatic rings. The van der Waals surface area contributed by atoms with Gasteiger partial charge in [-0.15, -0.1) is 0 Å². The van der Waals surface area contributed by atoms with E-state index in [-0.39, 0.29) is 5.56 Å². The molecular weight excluding hydrogens is 209 g/mol. The summed E-state index contributed by atoms with van der Waals surface area (Å²) >= 11 is 0. The van der Waals surface area contributed by atoms with Crippen molar-refractivity contribution in [2.45, 2.75) is 0 Å². The van der Waals surface area contributed by atoms with Crippen LogP contribution in [0.4, 0.5) is 10.1 Å². The lowest BCUT2D eigenvalue weighted by atomic mass is 10.2. The molecule has 1 aromatic carbocycles. The third-order valence-electron chi connectivity index (χ3n) is 1.91. The Balaban J connectivity index is 2.15. The van der Waals surface area contributed by atoms with Crippen molar-refractivity contribution in [1.29, 1.82) is 0 Å². The predicted molar refractivity (Wildman–Crippen MR) is 56.4 cm³/mol. The molecule has 16 heavy (non-hydrogen) atoms. The number of benzene rings is 1. The van der Waals surface area contributed by atoms with Crippen LogP contribution in [-0.4, -0.2) is 15.9 Å². The Bertz CT molecular complexity index is 502. The standard InChI is InChI=1S/C11H8FN3O/c12-9-3-1-2-8(4-9)11(16)15-10-5-13-7-14-6-10/h1-7H,(H,15,16). The molecule has 1 aromatic heterocycles. The maximum Gasteiger partial charge on any atom is 0.255 e. The van der Waals surface area contributed by atoms with Crippen molar-refractivity contribution in [3.63, 3.8) is 0 Å². The van der Waals surface area contributed by atoms with Crippen molar-refractivity contribution >= 4 is 11.6 Å². The molecule has 5 heteroatoms. The summed E-state index contributed by atoms with van der Waals surface area (Å²) in [4.78, 5) is 19.1. The van der Waals surface area contributed by atoms with Crippen molar-refractivity contribution in [2.24, 2.45) is 0 Å². The molecule has 0 radical (unpaired) electrons. The van der Waals surface area contributed by atoms with Gasteiger partial charge in [0.25, 0.3) is 5.91 Å². The maximum absolute atomic E-state index is 12.9. The zero-order chi connectivity index (χ0) is 11.4. The number of carbonyl (C=O) groups is 1. The number of aromatic nitrogens is 2. The number of hydrogen-bond acceptors (Lipinski definition) is 3. The molecule has 0 saturated heterocycles. The van der Waals surface area contributed by atoms with E-state index in [9.17, 15) is 9.18 Å². The van der Waals surface area contributed by atoms with Crippen LogP contribution < -0.4 is 5.32 Å². The fraction of sp³-hybridized carbons (Fsp3) is 0. The molecule has 0 fully saturated rings. The van der Waals surface area contributed by atoms with Gasteiger partial charge in [0.2, 0.25) is 0 Å². The van der Waals surface area contributed by atoms with E-state index in [0.29, 0.717) is 5.69 Å². The summed E-state index contributed by atoms with van der Waals surface area (Å²) < 4.78 is 12.9. The first-order chi connectivity index (χ1) is 7.75. The minimum Gasteiger partial charge on any atom is -0.319 e. The number of nitrogens with one attached hydrogen (secondary N) is 1. The van der Waals surface area contributed by atoms with Crippen LogP contribution in [0.25, 0.3) is 0 Å². The van der Waals surface area contributed by atoms with Gasteiger partial charge in [-0.05, 0) is 18.2 Å². The van der Waals surface area contributed by atoms with Gasteiger partial charge in [0.1, 0.15) is 12.1 Å². The van der Waals surface area contributed by atoms with E-state index in [2.05, 4.69) is 15.3 Å². The van der Waals surface area contributed by atoms with Crippen LogP contribution in [0.3, 0.4) is 0 Å². The third kappa shape index (κ3) is 2.38. The molecule has 0 aliphatic heterocycles. The largest absolute Gasteiger partial charge is 0.319 e. The average Bonchev–Trinajstić information content (AvgIpc) is 2.30. The number of anilines is 1. The second kappa shape index (κ2) is 4.48. The summed E-state index contributed by atoms with van der Waals surface area (Å²) in [5.41, 5.74) is 0.723. The average molecular weight is 217 g/mol. The Morgan fingerprint density at radius 1 is 1.25 bits per heavy atom. The lowest BCUT2D eigenvalue weighted by Crippen LogP contribution is -2.12. The molecule has 2 aromatic rings. The zero-order valence-electron chi connectivity index (χ0n) is 8.22. The molecule has 1 heterocycles. The Labute approximate surface area is 91.2 Å². The molecule has 0 aliphatic carbocycles. The van der Waals surface area contributed by atoms with Gasteiger partial charge < -0.3 is 5.32 Å². The fourth-order valence-electron chi connectivity index (χ4n) is 1.20. The second-order valence-corrected chi connectivity index (χ2v) is 3.09. The van der Waals surface area contributed by atoms with Crippen molar-refractivity contribution in [1.82, 2.24) is 9.97 Å². The molecule has 2 rings (SSSR count). The van der Waals surface area contributed by atoms with Crippen LogP contribution in [-0.2, 0) is 0 Å². The van der Waals surface area contributed by atoms with Crippen LogP contribution >= 0.6 is 0 Å². The molecular formula is C11H8FN3O. The Morgan fingerprint density at radius 2 is 2.00 bits per heavy atom. The van der Waals surface area contributed by atoms with E-state index < -0.39 is 11.7 Å². The van der Waals surface area contributed by atoms with E-state index in [1.165, 1.54) is 43.0 Å². The second-order valence-electron chi connectivity index (χ2n) is 3.09. The number of halogens is 1. The van der Waals surface area contributed by atoms with Gasteiger partial charge in [-0.3, -0.25) is 4.79 Å². The molecule has 1 amide bonds. The lowest BCUT2D eigenvalue weighted by molar-refractivity contribution is 0.102. The van der Waals surface area contributed by atoms with Gasteiger partial charge in [-0.25, -0.2) is 14.4 Å². The molecule has 0 atom stereocenters. The number of hydrogen-bond donors (Lipinski definition) is 1. The van der Waals surface area contributed by atoms with Crippen LogP contribution in [0.2, 0.25) is 0 Å². The van der Waals surface area contributed by atoms with Crippen LogP contribution in [0.5, 0.6) is 0 Å². The normalized spacial score (nSPS) is 9.81. The summed E-state index contributed by atoms with van der Waals surface area (Å²) in [6, 6.07) is 5.45. The lowest BCUT2D eigenvalue weighted by Gasteiger charge is -2.03. The highest BCUT2D eigenvalue weighted by molar-refractivity contribution is 6.04. The third-order valence-corrected chi connectivity index (χ3v) is 1.91. The van der Waals surface area contributed by atoms with Crippen LogP contribution in [0, 0.1) is 5.82 Å². The van der Waals surface area contributed by atoms with Crippen LogP contribution in [0.15, 0.2) is 43.0 Å². The van der Waals surface area contributed by atoms with E-state index in [1.807, 2.05) is 0 Å². The highest BCUT2D eigenvalue weighted by atomic mass is 19.1. The summed E-state index contributed by atoms with van der Waals surface area (Å²) in [6.07, 6.45) is 4.28. The summed E-state index contributed by atoms with van der Waals surface area (Å²) in [6.45, 7) is 0. The van der Waals surface area contributed by atoms with Gasteiger partial charge >= 0.3 is 0 Å². The van der Waals surface area contributed by atoms with Gasteiger partial charge in [-0.2, -0.15) is 0 Å². The number of amides is 1. The first-order valence-electron chi connectivity index (χ1n) is 4.57. The molecule has 0 spiro atoms. The van der Waals surface area contributed by atoms with Crippen molar-refractivity contribution in [2.75, 3.05) is 5.32 Å².